The number of aliphatic hydroxyl groups is 1. The molecule has 0 bridgehead atoms. The number of benzene rings is 1. The third-order valence-electron chi connectivity index (χ3n) is 3.57. The zero-order valence-corrected chi connectivity index (χ0v) is 10.8. The third kappa shape index (κ3) is 2.81. The van der Waals surface area contributed by atoms with Crippen molar-refractivity contribution in [2.75, 3.05) is 0 Å². The summed E-state index contributed by atoms with van der Waals surface area (Å²) >= 11 is 0. The molecule has 0 amide bonds. The summed E-state index contributed by atoms with van der Waals surface area (Å²) in [5, 5.41) is 10.2. The molecule has 94 valence electrons. The summed E-state index contributed by atoms with van der Waals surface area (Å²) in [7, 11) is 0. The number of hydrogen-bond acceptors (Lipinski definition) is 2. The van der Waals surface area contributed by atoms with Gasteiger partial charge in [-0.25, -0.2) is 0 Å². The van der Waals surface area contributed by atoms with Gasteiger partial charge in [0.05, 0.1) is 6.10 Å². The van der Waals surface area contributed by atoms with E-state index in [0.717, 1.165) is 17.7 Å². The van der Waals surface area contributed by atoms with E-state index in [9.17, 15) is 5.11 Å². The van der Waals surface area contributed by atoms with Crippen molar-refractivity contribution >= 4 is 0 Å². The second-order valence-corrected chi connectivity index (χ2v) is 5.27. The van der Waals surface area contributed by atoms with Gasteiger partial charge < -0.3 is 9.84 Å². The van der Waals surface area contributed by atoms with Crippen LogP contribution < -0.4 is 4.74 Å². The smallest absolute Gasteiger partial charge is 0.125 e. The minimum absolute atomic E-state index is 0.205. The van der Waals surface area contributed by atoms with E-state index < -0.39 is 0 Å². The van der Waals surface area contributed by atoms with Crippen LogP contribution in [0.3, 0.4) is 0 Å². The van der Waals surface area contributed by atoms with Crippen LogP contribution in [0.2, 0.25) is 0 Å². The van der Waals surface area contributed by atoms with Crippen molar-refractivity contribution in [3.63, 3.8) is 0 Å². The first-order valence-electron chi connectivity index (χ1n) is 6.60. The van der Waals surface area contributed by atoms with Gasteiger partial charge in [0.25, 0.3) is 0 Å². The van der Waals surface area contributed by atoms with Gasteiger partial charge in [0.2, 0.25) is 0 Å². The van der Waals surface area contributed by atoms with Gasteiger partial charge in [-0.1, -0.05) is 38.0 Å². The molecule has 1 heterocycles. The van der Waals surface area contributed by atoms with Crippen molar-refractivity contribution < 1.29 is 9.84 Å². The van der Waals surface area contributed by atoms with Crippen molar-refractivity contribution in [1.29, 1.82) is 0 Å². The molecule has 1 N–H and O–H groups in total. The number of ether oxygens (including phenoxy) is 1. The first kappa shape index (κ1) is 12.4. The van der Waals surface area contributed by atoms with Gasteiger partial charge in [0, 0.05) is 12.0 Å². The summed E-state index contributed by atoms with van der Waals surface area (Å²) in [6.45, 7) is 4.32. The first-order valence-corrected chi connectivity index (χ1v) is 6.60. The maximum atomic E-state index is 10.2. The standard InChI is InChI=1S/C15H22O2/c1-3-4-7-10-15(2)11-13(16)12-8-5-6-9-14(12)17-15/h5-6,8-9,13,16H,3-4,7,10-11H2,1-2H3/t13-,15?/m1/s1. The van der Waals surface area contributed by atoms with Crippen LogP contribution in [0, 0.1) is 0 Å². The lowest BCUT2D eigenvalue weighted by molar-refractivity contribution is -0.00842. The molecular formula is C15H22O2. The van der Waals surface area contributed by atoms with Crippen molar-refractivity contribution in [2.45, 2.75) is 57.7 Å². The first-order chi connectivity index (χ1) is 8.14. The van der Waals surface area contributed by atoms with E-state index in [1.807, 2.05) is 24.3 Å². The summed E-state index contributed by atoms with van der Waals surface area (Å²) < 4.78 is 6.08. The molecule has 1 aliphatic rings. The maximum absolute atomic E-state index is 10.2. The number of rotatable bonds is 4. The molecule has 2 nitrogen and oxygen atoms in total. The molecule has 0 aromatic heterocycles. The van der Waals surface area contributed by atoms with Crippen LogP contribution in [0.4, 0.5) is 0 Å². The van der Waals surface area contributed by atoms with Gasteiger partial charge in [0.15, 0.2) is 0 Å². The highest BCUT2D eigenvalue weighted by atomic mass is 16.5. The zero-order valence-electron chi connectivity index (χ0n) is 10.8. The second kappa shape index (κ2) is 5.09. The maximum Gasteiger partial charge on any atom is 0.125 e. The number of unbranched alkanes of at least 4 members (excludes halogenated alkanes) is 2. The molecule has 0 saturated carbocycles. The average molecular weight is 234 g/mol. The van der Waals surface area contributed by atoms with E-state index in [0.29, 0.717) is 6.42 Å². The Balaban J connectivity index is 2.09. The summed E-state index contributed by atoms with van der Waals surface area (Å²) in [4.78, 5) is 0. The zero-order chi connectivity index (χ0) is 12.3. The fraction of sp³-hybridized carbons (Fsp3) is 0.600. The quantitative estimate of drug-likeness (QED) is 0.802. The van der Waals surface area contributed by atoms with Gasteiger partial charge in [-0.2, -0.15) is 0 Å². The van der Waals surface area contributed by atoms with Crippen LogP contribution in [0.15, 0.2) is 24.3 Å². The molecule has 0 aliphatic carbocycles. The Morgan fingerprint density at radius 3 is 2.88 bits per heavy atom. The van der Waals surface area contributed by atoms with E-state index in [-0.39, 0.29) is 11.7 Å². The Morgan fingerprint density at radius 2 is 2.12 bits per heavy atom. The van der Waals surface area contributed by atoms with Crippen molar-refractivity contribution in [3.8, 4) is 5.75 Å². The normalized spacial score (nSPS) is 27.4. The lowest BCUT2D eigenvalue weighted by Gasteiger charge is -2.38. The molecule has 17 heavy (non-hydrogen) atoms. The minimum Gasteiger partial charge on any atom is -0.487 e. The van der Waals surface area contributed by atoms with E-state index in [4.69, 9.17) is 4.74 Å². The molecule has 2 atom stereocenters. The average Bonchev–Trinajstić information content (AvgIpc) is 2.29. The SMILES string of the molecule is CCCCCC1(C)C[C@@H](O)c2ccccc2O1. The van der Waals surface area contributed by atoms with Gasteiger partial charge in [-0.15, -0.1) is 0 Å². The monoisotopic (exact) mass is 234 g/mol. The molecule has 0 saturated heterocycles. The molecule has 1 aromatic rings. The van der Waals surface area contributed by atoms with E-state index in [1.54, 1.807) is 0 Å². The van der Waals surface area contributed by atoms with Crippen molar-refractivity contribution in [3.05, 3.63) is 29.8 Å². The molecule has 2 rings (SSSR count). The number of fused-ring (bicyclic) bond motifs is 1. The predicted octanol–water partition coefficient (Wildman–Crippen LogP) is 3.84. The fourth-order valence-corrected chi connectivity index (χ4v) is 2.58. The second-order valence-electron chi connectivity index (χ2n) is 5.27. The van der Waals surface area contributed by atoms with Gasteiger partial charge in [-0.3, -0.25) is 0 Å². The Kier molecular flexibility index (Phi) is 3.72. The number of hydrogen-bond donors (Lipinski definition) is 1. The van der Waals surface area contributed by atoms with Crippen molar-refractivity contribution in [1.82, 2.24) is 0 Å². The van der Waals surface area contributed by atoms with Crippen LogP contribution in [0.1, 0.15) is 57.6 Å². The molecule has 2 heteroatoms. The Hall–Kier alpha value is -1.02. The summed E-state index contributed by atoms with van der Waals surface area (Å²) in [5.41, 5.74) is 0.726. The summed E-state index contributed by atoms with van der Waals surface area (Å²) in [6.07, 6.45) is 4.96. The highest BCUT2D eigenvalue weighted by Crippen LogP contribution is 2.41. The summed E-state index contributed by atoms with van der Waals surface area (Å²) in [5.74, 6) is 0.852. The Labute approximate surface area is 104 Å². The number of aliphatic hydroxyl groups excluding tert-OH is 1. The van der Waals surface area contributed by atoms with Crippen LogP contribution in [0.5, 0.6) is 5.75 Å². The molecule has 0 fully saturated rings. The Bertz CT molecular complexity index is 375. The van der Waals surface area contributed by atoms with E-state index in [2.05, 4.69) is 13.8 Å². The molecule has 0 radical (unpaired) electrons. The van der Waals surface area contributed by atoms with Crippen LogP contribution in [-0.2, 0) is 0 Å². The lowest BCUT2D eigenvalue weighted by Crippen LogP contribution is -2.38. The molecular weight excluding hydrogens is 212 g/mol. The molecule has 1 unspecified atom stereocenters. The number of para-hydroxylation sites is 1. The van der Waals surface area contributed by atoms with Gasteiger partial charge in [0.1, 0.15) is 11.4 Å². The van der Waals surface area contributed by atoms with E-state index >= 15 is 0 Å². The van der Waals surface area contributed by atoms with Gasteiger partial charge >= 0.3 is 0 Å². The Morgan fingerprint density at radius 1 is 1.35 bits per heavy atom. The third-order valence-corrected chi connectivity index (χ3v) is 3.57. The molecule has 1 aromatic carbocycles. The molecule has 1 aliphatic heterocycles. The predicted molar refractivity (Wildman–Crippen MR) is 69.2 cm³/mol. The highest BCUT2D eigenvalue weighted by molar-refractivity contribution is 5.37. The minimum atomic E-state index is -0.383. The fourth-order valence-electron chi connectivity index (χ4n) is 2.58. The molecule has 0 spiro atoms. The lowest BCUT2D eigenvalue weighted by atomic mass is 9.86. The van der Waals surface area contributed by atoms with Crippen LogP contribution in [-0.4, -0.2) is 10.7 Å². The largest absolute Gasteiger partial charge is 0.487 e. The van der Waals surface area contributed by atoms with Crippen molar-refractivity contribution in [2.24, 2.45) is 0 Å². The van der Waals surface area contributed by atoms with Gasteiger partial charge in [-0.05, 0) is 25.8 Å². The summed E-state index contributed by atoms with van der Waals surface area (Å²) in [6, 6.07) is 7.82. The topological polar surface area (TPSA) is 29.5 Å². The van der Waals surface area contributed by atoms with Crippen LogP contribution >= 0.6 is 0 Å². The van der Waals surface area contributed by atoms with Crippen LogP contribution in [0.25, 0.3) is 0 Å². The highest BCUT2D eigenvalue weighted by Gasteiger charge is 2.35. The van der Waals surface area contributed by atoms with E-state index in [1.165, 1.54) is 19.3 Å².